The van der Waals surface area contributed by atoms with Gasteiger partial charge in [0, 0.05) is 13.2 Å². The van der Waals surface area contributed by atoms with Crippen molar-refractivity contribution in [3.8, 4) is 0 Å². The van der Waals surface area contributed by atoms with E-state index >= 15 is 0 Å². The molecule has 0 unspecified atom stereocenters. The third kappa shape index (κ3) is 5.73. The van der Waals surface area contributed by atoms with Crippen LogP contribution in [0.3, 0.4) is 0 Å². The van der Waals surface area contributed by atoms with Crippen LogP contribution in [0.15, 0.2) is 18.2 Å². The molecule has 0 radical (unpaired) electrons. The molecule has 102 valence electrons. The van der Waals surface area contributed by atoms with Gasteiger partial charge in [-0.1, -0.05) is 12.8 Å². The van der Waals surface area contributed by atoms with E-state index in [1.807, 2.05) is 0 Å². The van der Waals surface area contributed by atoms with Crippen LogP contribution in [0, 0.1) is 11.6 Å². The maximum atomic E-state index is 13.0. The normalized spacial score (nSPS) is 11.8. The summed E-state index contributed by atoms with van der Waals surface area (Å²) in [5.41, 5.74) is 0.746. The highest BCUT2D eigenvalue weighted by Gasteiger charge is 2.19. The molecule has 18 heavy (non-hydrogen) atoms. The Hall–Kier alpha value is -0.743. The van der Waals surface area contributed by atoms with E-state index in [1.54, 1.807) is 7.11 Å². The fraction of sp³-hybridized carbons (Fsp3) is 0.571. The molecule has 0 atom stereocenters. The van der Waals surface area contributed by atoms with Crippen LogP contribution < -0.4 is 0 Å². The van der Waals surface area contributed by atoms with E-state index in [0.717, 1.165) is 43.4 Å². The zero-order chi connectivity index (χ0) is 13.6. The standard InChI is InChI=1S/C14H22F2OSi/c1-17-18(2,3)8-6-4-5-7-12-9-13(15)11-14(16)10-12/h9-11H,4-8H2,1-3H3. The summed E-state index contributed by atoms with van der Waals surface area (Å²) in [6.45, 7) is 4.41. The molecular formula is C14H22F2OSi. The van der Waals surface area contributed by atoms with Gasteiger partial charge in [-0.05, 0) is 49.7 Å². The number of hydrogen-bond donors (Lipinski definition) is 0. The summed E-state index contributed by atoms with van der Waals surface area (Å²) in [5.74, 6) is -0.976. The number of aryl methyl sites for hydroxylation is 1. The van der Waals surface area contributed by atoms with Crippen LogP contribution in [-0.2, 0) is 10.8 Å². The van der Waals surface area contributed by atoms with Gasteiger partial charge >= 0.3 is 0 Å². The van der Waals surface area contributed by atoms with Crippen molar-refractivity contribution < 1.29 is 13.2 Å². The van der Waals surface area contributed by atoms with Crippen LogP contribution in [0.5, 0.6) is 0 Å². The molecule has 0 heterocycles. The summed E-state index contributed by atoms with van der Waals surface area (Å²) in [6, 6.07) is 4.88. The van der Waals surface area contributed by atoms with Crippen molar-refractivity contribution >= 4 is 8.32 Å². The largest absolute Gasteiger partial charge is 0.420 e. The molecule has 0 bridgehead atoms. The van der Waals surface area contributed by atoms with Crippen molar-refractivity contribution in [1.82, 2.24) is 0 Å². The topological polar surface area (TPSA) is 9.23 Å². The third-order valence-corrected chi connectivity index (χ3v) is 5.88. The Morgan fingerprint density at radius 2 is 1.61 bits per heavy atom. The fourth-order valence-corrected chi connectivity index (χ4v) is 3.22. The molecule has 0 aliphatic carbocycles. The lowest BCUT2D eigenvalue weighted by molar-refractivity contribution is 0.401. The van der Waals surface area contributed by atoms with Gasteiger partial charge in [0.25, 0.3) is 0 Å². The van der Waals surface area contributed by atoms with E-state index in [4.69, 9.17) is 4.43 Å². The minimum Gasteiger partial charge on any atom is -0.420 e. The lowest BCUT2D eigenvalue weighted by Gasteiger charge is -2.19. The first-order valence-corrected chi connectivity index (χ1v) is 9.54. The van der Waals surface area contributed by atoms with Crippen molar-refractivity contribution in [3.05, 3.63) is 35.4 Å². The zero-order valence-electron chi connectivity index (χ0n) is 11.4. The highest BCUT2D eigenvalue weighted by Crippen LogP contribution is 2.17. The molecule has 0 aromatic heterocycles. The smallest absolute Gasteiger partial charge is 0.186 e. The minimum atomic E-state index is -1.44. The third-order valence-electron chi connectivity index (χ3n) is 3.22. The molecule has 0 saturated heterocycles. The second kappa shape index (κ2) is 7.00. The van der Waals surface area contributed by atoms with E-state index in [9.17, 15) is 8.78 Å². The highest BCUT2D eigenvalue weighted by molar-refractivity contribution is 6.71. The number of benzene rings is 1. The van der Waals surface area contributed by atoms with E-state index in [-0.39, 0.29) is 0 Å². The second-order valence-electron chi connectivity index (χ2n) is 5.30. The monoisotopic (exact) mass is 272 g/mol. The number of unbranched alkanes of at least 4 members (excludes halogenated alkanes) is 2. The molecule has 1 rings (SSSR count). The summed E-state index contributed by atoms with van der Waals surface area (Å²) in [7, 11) is 0.335. The Labute approximate surface area is 109 Å². The quantitative estimate of drug-likeness (QED) is 0.523. The predicted octanol–water partition coefficient (Wildman–Crippen LogP) is 4.53. The van der Waals surface area contributed by atoms with Gasteiger partial charge in [0.15, 0.2) is 8.32 Å². The zero-order valence-corrected chi connectivity index (χ0v) is 12.4. The lowest BCUT2D eigenvalue weighted by atomic mass is 10.1. The lowest BCUT2D eigenvalue weighted by Crippen LogP contribution is -2.27. The summed E-state index contributed by atoms with van der Waals surface area (Å²) in [6.07, 6.45) is 3.92. The van der Waals surface area contributed by atoms with Gasteiger partial charge in [0.2, 0.25) is 0 Å². The number of halogens is 2. The van der Waals surface area contributed by atoms with Crippen molar-refractivity contribution in [2.24, 2.45) is 0 Å². The Kier molecular flexibility index (Phi) is 5.95. The van der Waals surface area contributed by atoms with Crippen molar-refractivity contribution in [2.75, 3.05) is 7.11 Å². The molecule has 1 aromatic rings. The molecule has 0 spiro atoms. The Morgan fingerprint density at radius 3 is 2.17 bits per heavy atom. The Bertz CT molecular complexity index is 360. The van der Waals surface area contributed by atoms with Crippen LogP contribution in [-0.4, -0.2) is 15.4 Å². The molecule has 1 aromatic carbocycles. The van der Waals surface area contributed by atoms with Crippen LogP contribution in [0.1, 0.15) is 24.8 Å². The van der Waals surface area contributed by atoms with Gasteiger partial charge in [-0.15, -0.1) is 0 Å². The van der Waals surface area contributed by atoms with Gasteiger partial charge in [-0.25, -0.2) is 8.78 Å². The molecular weight excluding hydrogens is 250 g/mol. The average Bonchev–Trinajstić information content (AvgIpc) is 2.27. The Morgan fingerprint density at radius 1 is 1.00 bits per heavy atom. The fourth-order valence-electron chi connectivity index (χ4n) is 1.91. The number of hydrogen-bond acceptors (Lipinski definition) is 1. The van der Waals surface area contributed by atoms with Gasteiger partial charge < -0.3 is 4.43 Å². The first-order chi connectivity index (χ1) is 8.43. The van der Waals surface area contributed by atoms with Gasteiger partial charge in [0.05, 0.1) is 0 Å². The second-order valence-corrected chi connectivity index (χ2v) is 9.73. The summed E-state index contributed by atoms with van der Waals surface area (Å²) in [4.78, 5) is 0. The molecule has 1 nitrogen and oxygen atoms in total. The SMILES string of the molecule is CO[Si](C)(C)CCCCCc1cc(F)cc(F)c1. The van der Waals surface area contributed by atoms with Crippen molar-refractivity contribution in [1.29, 1.82) is 0 Å². The average molecular weight is 272 g/mol. The van der Waals surface area contributed by atoms with Crippen LogP contribution in [0.4, 0.5) is 8.78 Å². The van der Waals surface area contributed by atoms with Crippen molar-refractivity contribution in [2.45, 2.75) is 44.8 Å². The molecule has 0 saturated carbocycles. The summed E-state index contributed by atoms with van der Waals surface area (Å²) >= 11 is 0. The summed E-state index contributed by atoms with van der Waals surface area (Å²) < 4.78 is 31.4. The van der Waals surface area contributed by atoms with Gasteiger partial charge in [0.1, 0.15) is 11.6 Å². The van der Waals surface area contributed by atoms with Crippen LogP contribution in [0.2, 0.25) is 19.1 Å². The Balaban J connectivity index is 2.26. The molecule has 0 fully saturated rings. The van der Waals surface area contributed by atoms with Gasteiger partial charge in [-0.3, -0.25) is 0 Å². The maximum Gasteiger partial charge on any atom is 0.186 e. The van der Waals surface area contributed by atoms with Gasteiger partial charge in [-0.2, -0.15) is 0 Å². The highest BCUT2D eigenvalue weighted by atomic mass is 28.4. The van der Waals surface area contributed by atoms with E-state index in [1.165, 1.54) is 12.1 Å². The van der Waals surface area contributed by atoms with E-state index in [2.05, 4.69) is 13.1 Å². The van der Waals surface area contributed by atoms with E-state index < -0.39 is 20.0 Å². The van der Waals surface area contributed by atoms with Crippen LogP contribution in [0.25, 0.3) is 0 Å². The first kappa shape index (κ1) is 15.3. The molecule has 4 heteroatoms. The predicted molar refractivity (Wildman–Crippen MR) is 73.2 cm³/mol. The van der Waals surface area contributed by atoms with Crippen molar-refractivity contribution in [3.63, 3.8) is 0 Å². The molecule has 0 N–H and O–H groups in total. The van der Waals surface area contributed by atoms with E-state index in [0.29, 0.717) is 0 Å². The van der Waals surface area contributed by atoms with Crippen LogP contribution >= 0.6 is 0 Å². The minimum absolute atomic E-state index is 0.488. The molecule has 0 amide bonds. The summed E-state index contributed by atoms with van der Waals surface area (Å²) in [5, 5.41) is 0. The molecule has 0 aliphatic heterocycles. The maximum absolute atomic E-state index is 13.0. The number of rotatable bonds is 7. The molecule has 0 aliphatic rings. The first-order valence-electron chi connectivity index (χ1n) is 6.43.